The molecule has 0 heterocycles. The Kier molecular flexibility index (Phi) is 15.0. The minimum atomic E-state index is 0. The van der Waals surface area contributed by atoms with Crippen molar-refractivity contribution in [2.45, 2.75) is 13.8 Å². The van der Waals surface area contributed by atoms with Gasteiger partial charge in [0.15, 0.2) is 0 Å². The number of hydrogen-bond acceptors (Lipinski definition) is 3. The van der Waals surface area contributed by atoms with Crippen molar-refractivity contribution in [2.75, 3.05) is 13.1 Å². The van der Waals surface area contributed by atoms with Gasteiger partial charge in [0.25, 0.3) is 0 Å². The molecule has 0 spiro atoms. The fourth-order valence-electron chi connectivity index (χ4n) is 0.329. The Labute approximate surface area is 103 Å². The third-order valence-corrected chi connectivity index (χ3v) is 2.17. The molecule has 8 heavy (non-hydrogen) atoms. The molecule has 0 aliphatic rings. The predicted octanol–water partition coefficient (Wildman–Crippen LogP) is -1.56. The van der Waals surface area contributed by atoms with E-state index in [4.69, 9.17) is 11.7 Å². The summed E-state index contributed by atoms with van der Waals surface area (Å²) in [7, 11) is 1.39. The molecule has 4 heteroatoms. The first kappa shape index (κ1) is 12.9. The second-order valence-corrected chi connectivity index (χ2v) is 2.30. The van der Waals surface area contributed by atoms with Crippen molar-refractivity contribution in [1.29, 1.82) is 0 Å². The molecule has 0 rings (SSSR count). The van der Waals surface area contributed by atoms with Crippen LogP contribution in [-0.2, 0) is 11.7 Å². The maximum atomic E-state index is 4.71. The smallest absolute Gasteiger partial charge is 0.702 e. The van der Waals surface area contributed by atoms with Gasteiger partial charge in [-0.2, -0.15) is 0 Å². The molecule has 0 radical (unpaired) electrons. The van der Waals surface area contributed by atoms with Crippen molar-refractivity contribution >= 4 is 22.6 Å². The Morgan fingerprint density at radius 3 is 1.75 bits per heavy atom. The molecule has 0 aromatic heterocycles. The third-order valence-electron chi connectivity index (χ3n) is 0.811. The summed E-state index contributed by atoms with van der Waals surface area (Å²) in [5.41, 5.74) is 0. The van der Waals surface area contributed by atoms with Crippen LogP contribution in [0.15, 0.2) is 0 Å². The number of nitrogens with zero attached hydrogens (tertiary/aromatic N) is 1. The van der Waals surface area contributed by atoms with Crippen molar-refractivity contribution in [3.8, 4) is 0 Å². The minimum absolute atomic E-state index is 0. The van der Waals surface area contributed by atoms with Crippen LogP contribution in [-0.4, -0.2) is 17.4 Å². The van der Waals surface area contributed by atoms with E-state index in [-0.39, 0.29) is 51.4 Å². The first-order valence-electron chi connectivity index (χ1n) is 2.40. The quantitative estimate of drug-likeness (QED) is 0.221. The molecule has 0 amide bonds. The van der Waals surface area contributed by atoms with Crippen molar-refractivity contribution in [3.05, 3.63) is 0 Å². The monoisotopic (exact) mass is 175 g/mol. The zero-order valence-corrected chi connectivity index (χ0v) is 10.4. The average molecular weight is 175 g/mol. The van der Waals surface area contributed by atoms with Gasteiger partial charge in [-0.3, -0.25) is 15.3 Å². The fourth-order valence-corrected chi connectivity index (χ4v) is 1.17. The van der Waals surface area contributed by atoms with Gasteiger partial charge in [0.05, 0.1) is 0 Å². The van der Waals surface area contributed by atoms with E-state index < -0.39 is 0 Å². The minimum Gasteiger partial charge on any atom is -0.702 e. The molecule has 0 aromatic rings. The molecule has 1 nitrogen and oxygen atoms in total. The van der Waals surface area contributed by atoms with E-state index in [2.05, 4.69) is 18.2 Å². The second-order valence-electron chi connectivity index (χ2n) is 1.19. The standard InChI is InChI=1S/C4H11NS2.K/c1-3-5(4-2)7-6;/h6H,3-4H2,1-2H3;/q;+1/p-1. The van der Waals surface area contributed by atoms with Gasteiger partial charge in [0.2, 0.25) is 0 Å². The van der Waals surface area contributed by atoms with E-state index in [9.17, 15) is 0 Å². The molecular formula is C4H10KNS2. The van der Waals surface area contributed by atoms with E-state index in [1.807, 2.05) is 0 Å². The molecule has 0 aliphatic carbocycles. The first-order valence-corrected chi connectivity index (χ1v) is 4.09. The second kappa shape index (κ2) is 9.30. The largest absolute Gasteiger partial charge is 1.00 e. The molecule has 0 fully saturated rings. The van der Waals surface area contributed by atoms with Crippen LogP contribution in [0.1, 0.15) is 13.8 Å². The number of rotatable bonds is 3. The molecule has 0 aromatic carbocycles. The zero-order chi connectivity index (χ0) is 5.70. The SMILES string of the molecule is CCN(CC)S[S-].[K+]. The predicted molar refractivity (Wildman–Crippen MR) is 37.9 cm³/mol. The van der Waals surface area contributed by atoms with Crippen LogP contribution >= 0.6 is 11.0 Å². The van der Waals surface area contributed by atoms with Crippen molar-refractivity contribution in [3.63, 3.8) is 0 Å². The van der Waals surface area contributed by atoms with Crippen LogP contribution in [0.2, 0.25) is 0 Å². The van der Waals surface area contributed by atoms with E-state index >= 15 is 0 Å². The Bertz CT molecular complexity index is 35.5. The van der Waals surface area contributed by atoms with Gasteiger partial charge >= 0.3 is 51.4 Å². The van der Waals surface area contributed by atoms with Crippen LogP contribution in [0.3, 0.4) is 0 Å². The van der Waals surface area contributed by atoms with Crippen LogP contribution in [0.4, 0.5) is 0 Å². The van der Waals surface area contributed by atoms with Crippen LogP contribution in [0, 0.1) is 0 Å². The molecule has 0 unspecified atom stereocenters. The molecular weight excluding hydrogens is 165 g/mol. The van der Waals surface area contributed by atoms with Gasteiger partial charge < -0.3 is 11.7 Å². The zero-order valence-electron chi connectivity index (χ0n) is 5.68. The van der Waals surface area contributed by atoms with Gasteiger partial charge in [0, 0.05) is 13.1 Å². The summed E-state index contributed by atoms with van der Waals surface area (Å²) in [6, 6.07) is 0. The third kappa shape index (κ3) is 6.42. The van der Waals surface area contributed by atoms with Gasteiger partial charge in [-0.25, -0.2) is 0 Å². The van der Waals surface area contributed by atoms with E-state index in [0.29, 0.717) is 0 Å². The topological polar surface area (TPSA) is 3.24 Å². The average Bonchev–Trinajstić information content (AvgIpc) is 1.72. The molecule has 0 N–H and O–H groups in total. The molecule has 0 aliphatic heterocycles. The summed E-state index contributed by atoms with van der Waals surface area (Å²) in [6.45, 7) is 6.29. The molecule has 0 bridgehead atoms. The van der Waals surface area contributed by atoms with Gasteiger partial charge in [-0.1, -0.05) is 13.8 Å². The van der Waals surface area contributed by atoms with E-state index in [1.165, 1.54) is 11.0 Å². The van der Waals surface area contributed by atoms with Crippen LogP contribution in [0.5, 0.6) is 0 Å². The molecule has 0 saturated carbocycles. The van der Waals surface area contributed by atoms with Crippen molar-refractivity contribution < 1.29 is 51.4 Å². The summed E-state index contributed by atoms with van der Waals surface area (Å²) >= 11 is 4.71. The van der Waals surface area contributed by atoms with E-state index in [0.717, 1.165) is 13.1 Å². The summed E-state index contributed by atoms with van der Waals surface area (Å²) < 4.78 is 2.11. The van der Waals surface area contributed by atoms with Crippen molar-refractivity contribution in [2.24, 2.45) is 0 Å². The summed E-state index contributed by atoms with van der Waals surface area (Å²) in [4.78, 5) is 0. The fraction of sp³-hybridized carbons (Fsp3) is 1.00. The van der Waals surface area contributed by atoms with E-state index in [1.54, 1.807) is 0 Å². The van der Waals surface area contributed by atoms with Gasteiger partial charge in [-0.15, -0.1) is 0 Å². The Morgan fingerprint density at radius 1 is 1.38 bits per heavy atom. The Morgan fingerprint density at radius 2 is 1.75 bits per heavy atom. The molecule has 44 valence electrons. The maximum Gasteiger partial charge on any atom is 1.00 e. The van der Waals surface area contributed by atoms with Crippen molar-refractivity contribution in [1.82, 2.24) is 4.31 Å². The number of hydrogen-bond donors (Lipinski definition) is 0. The Hall–Kier alpha value is 2.30. The summed E-state index contributed by atoms with van der Waals surface area (Å²) in [5, 5.41) is 0. The molecule has 0 atom stereocenters. The summed E-state index contributed by atoms with van der Waals surface area (Å²) in [5.74, 6) is 0. The first-order chi connectivity index (χ1) is 3.35. The summed E-state index contributed by atoms with van der Waals surface area (Å²) in [6.07, 6.45) is 0. The Balaban J connectivity index is 0. The van der Waals surface area contributed by atoms with Crippen LogP contribution < -0.4 is 51.4 Å². The molecule has 0 saturated heterocycles. The maximum absolute atomic E-state index is 4.71. The van der Waals surface area contributed by atoms with Gasteiger partial charge in [0.1, 0.15) is 0 Å². The van der Waals surface area contributed by atoms with Gasteiger partial charge in [-0.05, 0) is 0 Å². The van der Waals surface area contributed by atoms with Crippen LogP contribution in [0.25, 0.3) is 0 Å². The normalized spacial score (nSPS) is 9.00.